The third-order valence-corrected chi connectivity index (χ3v) is 14.0. The van der Waals surface area contributed by atoms with E-state index >= 15 is 0 Å². The number of benzene rings is 8. The maximum Gasteiger partial charge on any atom is 0.0726 e. The zero-order valence-corrected chi connectivity index (χ0v) is 33.1. The summed E-state index contributed by atoms with van der Waals surface area (Å²) in [6.07, 6.45) is 3.99. The molecule has 0 radical (unpaired) electrons. The predicted octanol–water partition coefficient (Wildman–Crippen LogP) is 15.1. The minimum absolute atomic E-state index is 0.152. The fourth-order valence-electron chi connectivity index (χ4n) is 11.5. The van der Waals surface area contributed by atoms with Gasteiger partial charge in [-0.3, -0.25) is 0 Å². The summed E-state index contributed by atoms with van der Waals surface area (Å²) in [5, 5.41) is 0. The summed E-state index contributed by atoms with van der Waals surface area (Å²) < 4.78 is 9.75. The number of rotatable bonds is 5. The van der Waals surface area contributed by atoms with Crippen molar-refractivity contribution in [3.8, 4) is 44.5 Å². The van der Waals surface area contributed by atoms with Crippen LogP contribution in [-0.4, -0.2) is 0 Å². The van der Waals surface area contributed by atoms with E-state index < -0.39 is 11.3 Å². The molecule has 0 atom stereocenters. The van der Waals surface area contributed by atoms with Gasteiger partial charge >= 0.3 is 0 Å². The molecule has 0 N–H and O–H groups in total. The Kier molecular flexibility index (Phi) is 7.05. The van der Waals surface area contributed by atoms with E-state index in [-0.39, 0.29) is 5.41 Å². The highest BCUT2D eigenvalue weighted by Gasteiger charge is 2.51. The lowest BCUT2D eigenvalue weighted by Gasteiger charge is -2.33. The lowest BCUT2D eigenvalue weighted by molar-refractivity contribution is 0.660. The first-order valence-corrected chi connectivity index (χ1v) is 21.1. The van der Waals surface area contributed by atoms with E-state index in [0.717, 1.165) is 59.4 Å². The van der Waals surface area contributed by atoms with E-state index in [9.17, 15) is 1.37 Å². The molecule has 58 heavy (non-hydrogen) atoms. The molecular weight excluding hydrogens is 699 g/mol. The van der Waals surface area contributed by atoms with Crippen LogP contribution in [0.15, 0.2) is 182 Å². The van der Waals surface area contributed by atoms with E-state index in [2.05, 4.69) is 201 Å². The highest BCUT2D eigenvalue weighted by Crippen LogP contribution is 2.63. The van der Waals surface area contributed by atoms with Crippen LogP contribution in [0, 0.1) is 0 Å². The molecule has 12 rings (SSSR count). The lowest BCUT2D eigenvalue weighted by Crippen LogP contribution is -2.26. The second kappa shape index (κ2) is 12.5. The normalized spacial score (nSPS) is 16.8. The van der Waals surface area contributed by atoms with Crippen molar-refractivity contribution in [3.63, 3.8) is 0 Å². The third kappa shape index (κ3) is 4.53. The average Bonchev–Trinajstić information content (AvgIpc) is 4.00. The summed E-state index contributed by atoms with van der Waals surface area (Å²) in [5.41, 5.74) is 22.2. The van der Waals surface area contributed by atoms with Crippen molar-refractivity contribution in [2.24, 2.45) is 0 Å². The molecule has 0 aromatic heterocycles. The number of nitrogens with zero attached hydrogens (tertiary/aromatic N) is 1. The third-order valence-electron chi connectivity index (χ3n) is 14.0. The average molecular weight is 745 g/mol. The van der Waals surface area contributed by atoms with Crippen molar-refractivity contribution >= 4 is 17.1 Å². The lowest BCUT2D eigenvalue weighted by atomic mass is 9.70. The highest BCUT2D eigenvalue weighted by atomic mass is 15.1. The molecule has 4 aliphatic rings. The first-order chi connectivity index (χ1) is 28.9. The maximum atomic E-state index is 9.75. The molecule has 8 aromatic carbocycles. The molecule has 1 fully saturated rings. The topological polar surface area (TPSA) is 3.24 Å². The molecule has 0 heterocycles. The molecule has 278 valence electrons. The molecule has 0 amide bonds. The van der Waals surface area contributed by atoms with Crippen molar-refractivity contribution in [2.45, 2.75) is 56.3 Å². The standard InChI is InChI=1S/C57H45N/c1-56(2)49-26-12-7-21-42(49)46-33-31-38(35-53(46)56)58(55-30-16-11-25-48(55)41-20-6-5-19-40(41)37-17-3-4-18-37)39-32-34-47-45-24-10-15-29-52(45)57(54(47)36-39)50-27-13-8-22-43(50)44-23-9-14-28-51(44)57/h5-16,19-37H,3-4,17-18H2,1-2H3/i37D. The predicted molar refractivity (Wildman–Crippen MR) is 242 cm³/mol. The van der Waals surface area contributed by atoms with Gasteiger partial charge in [-0.05, 0) is 127 Å². The molecule has 1 heteroatoms. The largest absolute Gasteiger partial charge is 0.310 e. The van der Waals surface area contributed by atoms with Crippen molar-refractivity contribution in [3.05, 3.63) is 221 Å². The van der Waals surface area contributed by atoms with Crippen LogP contribution in [0.3, 0.4) is 0 Å². The van der Waals surface area contributed by atoms with Crippen LogP contribution >= 0.6 is 0 Å². The number of anilines is 3. The van der Waals surface area contributed by atoms with Crippen molar-refractivity contribution in [1.29, 1.82) is 0 Å². The zero-order valence-electron chi connectivity index (χ0n) is 34.1. The smallest absolute Gasteiger partial charge is 0.0726 e. The molecule has 0 saturated heterocycles. The van der Waals surface area contributed by atoms with Gasteiger partial charge in [-0.1, -0.05) is 178 Å². The van der Waals surface area contributed by atoms with Crippen molar-refractivity contribution < 1.29 is 1.37 Å². The van der Waals surface area contributed by atoms with Crippen LogP contribution in [0.25, 0.3) is 44.5 Å². The van der Waals surface area contributed by atoms with Gasteiger partial charge in [-0.25, -0.2) is 0 Å². The Balaban J connectivity index is 1.13. The van der Waals surface area contributed by atoms with Crippen molar-refractivity contribution in [1.82, 2.24) is 0 Å². The van der Waals surface area contributed by atoms with E-state index in [4.69, 9.17) is 0 Å². The van der Waals surface area contributed by atoms with Gasteiger partial charge in [-0.2, -0.15) is 0 Å². The Morgan fingerprint density at radius 1 is 0.414 bits per heavy atom. The van der Waals surface area contributed by atoms with Crippen LogP contribution in [-0.2, 0) is 10.8 Å². The maximum absolute atomic E-state index is 9.75. The summed E-state index contributed by atoms with van der Waals surface area (Å²) in [4.78, 5) is 2.51. The molecule has 8 aromatic rings. The van der Waals surface area contributed by atoms with E-state index in [1.807, 2.05) is 0 Å². The van der Waals surface area contributed by atoms with Crippen LogP contribution in [0.2, 0.25) is 0 Å². The molecule has 1 saturated carbocycles. The molecule has 0 unspecified atom stereocenters. The summed E-state index contributed by atoms with van der Waals surface area (Å²) in [5.74, 6) is -0.590. The Bertz CT molecular complexity index is 2950. The first kappa shape index (κ1) is 32.6. The van der Waals surface area contributed by atoms with Gasteiger partial charge in [0, 0.05) is 23.7 Å². The van der Waals surface area contributed by atoms with Crippen LogP contribution in [0.4, 0.5) is 17.1 Å². The molecular formula is C57H45N. The number of para-hydroxylation sites is 1. The summed E-state index contributed by atoms with van der Waals surface area (Å²) >= 11 is 0. The van der Waals surface area contributed by atoms with Gasteiger partial charge in [0.05, 0.1) is 11.1 Å². The van der Waals surface area contributed by atoms with Gasteiger partial charge in [0.25, 0.3) is 0 Å². The fraction of sp³-hybridized carbons (Fsp3) is 0.158. The molecule has 0 bridgehead atoms. The van der Waals surface area contributed by atoms with Gasteiger partial charge in [0.2, 0.25) is 0 Å². The zero-order chi connectivity index (χ0) is 39.5. The van der Waals surface area contributed by atoms with Gasteiger partial charge in [0.1, 0.15) is 0 Å². The summed E-state index contributed by atoms with van der Waals surface area (Å²) in [6, 6.07) is 68.2. The molecule has 4 aliphatic carbocycles. The summed E-state index contributed by atoms with van der Waals surface area (Å²) in [6.45, 7) is 4.74. The Hall–Kier alpha value is -6.44. The summed E-state index contributed by atoms with van der Waals surface area (Å²) in [7, 11) is 0. The Labute approximate surface area is 343 Å². The SMILES string of the molecule is [2H]C1(c2ccccc2-c2ccccc2N(c2ccc3c(c2)C(C)(C)c2ccccc2-3)c2ccc3c(c2)C2(c4ccccc4-c4ccccc42)c2ccccc2-3)CCCC1. The Morgan fingerprint density at radius 3 is 1.41 bits per heavy atom. The molecule has 1 nitrogen and oxygen atoms in total. The van der Waals surface area contributed by atoms with Crippen LogP contribution in [0.1, 0.15) is 85.7 Å². The Morgan fingerprint density at radius 2 is 0.828 bits per heavy atom. The number of hydrogen-bond donors (Lipinski definition) is 0. The molecule has 1 spiro atoms. The number of fused-ring (bicyclic) bond motifs is 13. The second-order valence-electron chi connectivity index (χ2n) is 17.2. The monoisotopic (exact) mass is 744 g/mol. The van der Waals surface area contributed by atoms with Gasteiger partial charge < -0.3 is 4.90 Å². The van der Waals surface area contributed by atoms with Gasteiger partial charge in [-0.15, -0.1) is 0 Å². The highest BCUT2D eigenvalue weighted by molar-refractivity contribution is 5.97. The van der Waals surface area contributed by atoms with Crippen LogP contribution in [0.5, 0.6) is 0 Å². The van der Waals surface area contributed by atoms with E-state index in [1.54, 1.807) is 0 Å². The second-order valence-corrected chi connectivity index (χ2v) is 17.2. The minimum atomic E-state index is -0.590. The van der Waals surface area contributed by atoms with Crippen LogP contribution < -0.4 is 4.90 Å². The first-order valence-electron chi connectivity index (χ1n) is 21.6. The minimum Gasteiger partial charge on any atom is -0.310 e. The quantitative estimate of drug-likeness (QED) is 0.170. The van der Waals surface area contributed by atoms with E-state index in [0.29, 0.717) is 0 Å². The molecule has 0 aliphatic heterocycles. The van der Waals surface area contributed by atoms with Gasteiger partial charge in [0.15, 0.2) is 0 Å². The number of hydrogen-bond acceptors (Lipinski definition) is 1. The fourth-order valence-corrected chi connectivity index (χ4v) is 11.5. The van der Waals surface area contributed by atoms with Crippen molar-refractivity contribution in [2.75, 3.05) is 4.90 Å². The van der Waals surface area contributed by atoms with E-state index in [1.165, 1.54) is 66.8 Å².